The number of rotatable bonds is 4. The van der Waals surface area contributed by atoms with E-state index >= 15 is 0 Å². The minimum atomic E-state index is 0.670. The highest BCUT2D eigenvalue weighted by atomic mass is 15.3. The molecule has 0 aliphatic carbocycles. The lowest BCUT2D eigenvalue weighted by Crippen LogP contribution is -2.60. The summed E-state index contributed by atoms with van der Waals surface area (Å²) in [4.78, 5) is 2.73. The Balaban J connectivity index is 2.67. The molecule has 2 nitrogen and oxygen atoms in total. The fraction of sp³-hybridized carbons (Fsp3) is 1.00. The van der Waals surface area contributed by atoms with E-state index in [0.29, 0.717) is 12.1 Å². The van der Waals surface area contributed by atoms with Crippen LogP contribution >= 0.6 is 0 Å². The smallest absolute Gasteiger partial charge is 0.0221 e. The zero-order valence-corrected chi connectivity index (χ0v) is 12.0. The van der Waals surface area contributed by atoms with E-state index in [9.17, 15) is 0 Å². The fourth-order valence-corrected chi connectivity index (χ4v) is 2.55. The monoisotopic (exact) mass is 226 g/mol. The number of piperazine rings is 1. The Kier molecular flexibility index (Phi) is 5.26. The molecule has 0 saturated carbocycles. The van der Waals surface area contributed by atoms with Crippen molar-refractivity contribution in [2.24, 2.45) is 11.8 Å². The highest BCUT2D eigenvalue weighted by molar-refractivity contribution is 4.90. The summed E-state index contributed by atoms with van der Waals surface area (Å²) < 4.78 is 0. The third-order valence-electron chi connectivity index (χ3n) is 4.26. The number of nitrogens with one attached hydrogen (secondary N) is 1. The minimum absolute atomic E-state index is 0.670. The second-order valence-corrected chi connectivity index (χ2v) is 6.00. The number of hydrogen-bond acceptors (Lipinski definition) is 2. The van der Waals surface area contributed by atoms with Crippen LogP contribution in [-0.2, 0) is 0 Å². The van der Waals surface area contributed by atoms with Crippen LogP contribution in [0.25, 0.3) is 0 Å². The Bertz CT molecular complexity index is 199. The molecule has 1 heterocycles. The third-order valence-corrected chi connectivity index (χ3v) is 4.26. The minimum Gasteiger partial charge on any atom is -0.311 e. The van der Waals surface area contributed by atoms with Crippen LogP contribution in [-0.4, -0.2) is 36.1 Å². The van der Waals surface area contributed by atoms with Crippen molar-refractivity contribution >= 4 is 0 Å². The molecule has 0 aromatic heterocycles. The predicted molar refractivity (Wildman–Crippen MR) is 71.7 cm³/mol. The summed E-state index contributed by atoms with van der Waals surface area (Å²) >= 11 is 0. The summed E-state index contributed by atoms with van der Waals surface area (Å²) in [6.45, 7) is 16.4. The van der Waals surface area contributed by atoms with Crippen LogP contribution < -0.4 is 5.32 Å². The van der Waals surface area contributed by atoms with E-state index in [4.69, 9.17) is 0 Å². The van der Waals surface area contributed by atoms with Gasteiger partial charge < -0.3 is 5.32 Å². The maximum absolute atomic E-state index is 3.70. The predicted octanol–water partition coefficient (Wildman–Crippen LogP) is 2.74. The van der Waals surface area contributed by atoms with E-state index < -0.39 is 0 Å². The summed E-state index contributed by atoms with van der Waals surface area (Å²) in [6.07, 6.45) is 1.26. The molecule has 96 valence electrons. The second-order valence-electron chi connectivity index (χ2n) is 6.00. The van der Waals surface area contributed by atoms with Gasteiger partial charge in [-0.05, 0) is 25.2 Å². The van der Waals surface area contributed by atoms with Crippen molar-refractivity contribution in [2.75, 3.05) is 13.1 Å². The van der Waals surface area contributed by atoms with Crippen LogP contribution in [0, 0.1) is 11.8 Å². The van der Waals surface area contributed by atoms with E-state index in [1.165, 1.54) is 13.0 Å². The summed E-state index contributed by atoms with van der Waals surface area (Å²) in [7, 11) is 0. The van der Waals surface area contributed by atoms with Crippen molar-refractivity contribution in [3.05, 3.63) is 0 Å². The van der Waals surface area contributed by atoms with Crippen molar-refractivity contribution in [1.29, 1.82) is 0 Å². The van der Waals surface area contributed by atoms with Gasteiger partial charge in [-0.15, -0.1) is 0 Å². The maximum atomic E-state index is 3.70. The van der Waals surface area contributed by atoms with E-state index in [-0.39, 0.29) is 0 Å². The SMILES string of the molecule is CCC1CNC(C(C)C)CN1C(C)C(C)C. The van der Waals surface area contributed by atoms with Gasteiger partial charge in [-0.3, -0.25) is 4.90 Å². The molecular formula is C14H30N2. The maximum Gasteiger partial charge on any atom is 0.0221 e. The molecule has 1 rings (SSSR count). The van der Waals surface area contributed by atoms with Crippen LogP contribution in [0.1, 0.15) is 48.0 Å². The average Bonchev–Trinajstić information content (AvgIpc) is 2.26. The van der Waals surface area contributed by atoms with Crippen LogP contribution in [0.15, 0.2) is 0 Å². The molecule has 1 saturated heterocycles. The first kappa shape index (κ1) is 14.0. The van der Waals surface area contributed by atoms with Gasteiger partial charge in [0.05, 0.1) is 0 Å². The lowest BCUT2D eigenvalue weighted by molar-refractivity contribution is 0.0547. The Morgan fingerprint density at radius 2 is 1.81 bits per heavy atom. The van der Waals surface area contributed by atoms with Crippen molar-refractivity contribution < 1.29 is 0 Å². The van der Waals surface area contributed by atoms with Gasteiger partial charge in [-0.1, -0.05) is 34.6 Å². The molecule has 3 atom stereocenters. The normalized spacial score (nSPS) is 30.0. The second kappa shape index (κ2) is 6.02. The van der Waals surface area contributed by atoms with Crippen molar-refractivity contribution in [3.8, 4) is 0 Å². The fourth-order valence-electron chi connectivity index (χ4n) is 2.55. The van der Waals surface area contributed by atoms with E-state index in [0.717, 1.165) is 24.4 Å². The highest BCUT2D eigenvalue weighted by Gasteiger charge is 2.31. The molecule has 1 N–H and O–H groups in total. The zero-order valence-electron chi connectivity index (χ0n) is 12.0. The van der Waals surface area contributed by atoms with Gasteiger partial charge >= 0.3 is 0 Å². The molecule has 1 aliphatic rings. The quantitative estimate of drug-likeness (QED) is 0.793. The molecule has 3 unspecified atom stereocenters. The Morgan fingerprint density at radius 1 is 1.19 bits per heavy atom. The number of nitrogens with zero attached hydrogens (tertiary/aromatic N) is 1. The van der Waals surface area contributed by atoms with Gasteiger partial charge in [0, 0.05) is 31.2 Å². The standard InChI is InChI=1S/C14H30N2/c1-7-13-8-15-14(11(4)5)9-16(13)12(6)10(2)3/h10-15H,7-9H2,1-6H3. The molecule has 0 aromatic rings. The lowest BCUT2D eigenvalue weighted by Gasteiger charge is -2.46. The van der Waals surface area contributed by atoms with Crippen molar-refractivity contribution in [3.63, 3.8) is 0 Å². The molecule has 0 spiro atoms. The molecule has 0 aromatic carbocycles. The molecule has 2 heteroatoms. The van der Waals surface area contributed by atoms with Gasteiger partial charge in [0.25, 0.3) is 0 Å². The van der Waals surface area contributed by atoms with Crippen LogP contribution in [0.2, 0.25) is 0 Å². The van der Waals surface area contributed by atoms with Gasteiger partial charge in [-0.2, -0.15) is 0 Å². The average molecular weight is 226 g/mol. The van der Waals surface area contributed by atoms with Gasteiger partial charge in [0.2, 0.25) is 0 Å². The Morgan fingerprint density at radius 3 is 2.25 bits per heavy atom. The molecule has 0 bridgehead atoms. The van der Waals surface area contributed by atoms with Gasteiger partial charge in [0.15, 0.2) is 0 Å². The van der Waals surface area contributed by atoms with E-state index in [1.54, 1.807) is 0 Å². The van der Waals surface area contributed by atoms with Crippen molar-refractivity contribution in [1.82, 2.24) is 10.2 Å². The van der Waals surface area contributed by atoms with E-state index in [2.05, 4.69) is 51.8 Å². The first-order valence-electron chi connectivity index (χ1n) is 6.96. The zero-order chi connectivity index (χ0) is 12.3. The first-order chi connectivity index (χ1) is 7.47. The summed E-state index contributed by atoms with van der Waals surface area (Å²) in [6, 6.07) is 2.10. The third kappa shape index (κ3) is 3.21. The van der Waals surface area contributed by atoms with Gasteiger partial charge in [0.1, 0.15) is 0 Å². The van der Waals surface area contributed by atoms with Crippen LogP contribution in [0.4, 0.5) is 0 Å². The molecule has 0 radical (unpaired) electrons. The first-order valence-corrected chi connectivity index (χ1v) is 6.96. The van der Waals surface area contributed by atoms with Crippen LogP contribution in [0.5, 0.6) is 0 Å². The van der Waals surface area contributed by atoms with Gasteiger partial charge in [-0.25, -0.2) is 0 Å². The van der Waals surface area contributed by atoms with E-state index in [1.807, 2.05) is 0 Å². The Hall–Kier alpha value is -0.0800. The molecular weight excluding hydrogens is 196 g/mol. The molecule has 0 amide bonds. The van der Waals surface area contributed by atoms with Crippen molar-refractivity contribution in [2.45, 2.75) is 66.1 Å². The molecule has 1 fully saturated rings. The summed E-state index contributed by atoms with van der Waals surface area (Å²) in [5, 5.41) is 3.70. The lowest BCUT2D eigenvalue weighted by atomic mass is 9.94. The molecule has 16 heavy (non-hydrogen) atoms. The van der Waals surface area contributed by atoms with Crippen LogP contribution in [0.3, 0.4) is 0 Å². The Labute approximate surface area is 102 Å². The highest BCUT2D eigenvalue weighted by Crippen LogP contribution is 2.21. The summed E-state index contributed by atoms with van der Waals surface area (Å²) in [5.41, 5.74) is 0. The summed E-state index contributed by atoms with van der Waals surface area (Å²) in [5.74, 6) is 1.49. The largest absolute Gasteiger partial charge is 0.311 e. The number of hydrogen-bond donors (Lipinski definition) is 1. The molecule has 1 aliphatic heterocycles. The topological polar surface area (TPSA) is 15.3 Å².